The standard InChI is InChI=1S/C19H22N6O4S2/c1-13-10-14(2)25-18(20-13)22-19(23-25)30-12-17(26)21-15-4-3-5-16(11-15)31(27,28)24-6-8-29-9-7-24/h3-5,10-11H,6-9,12H2,1-2H3,(H,21,26). The van der Waals surface area contributed by atoms with E-state index in [4.69, 9.17) is 4.74 Å². The van der Waals surface area contributed by atoms with Gasteiger partial charge in [0.25, 0.3) is 5.78 Å². The minimum Gasteiger partial charge on any atom is -0.379 e. The molecular weight excluding hydrogens is 440 g/mol. The summed E-state index contributed by atoms with van der Waals surface area (Å²) in [6.45, 7) is 5.17. The third kappa shape index (κ3) is 4.87. The monoisotopic (exact) mass is 462 g/mol. The second-order valence-corrected chi connectivity index (χ2v) is 9.91. The lowest BCUT2D eigenvalue weighted by Gasteiger charge is -2.26. The van der Waals surface area contributed by atoms with E-state index in [-0.39, 0.29) is 16.6 Å². The van der Waals surface area contributed by atoms with Crippen LogP contribution in [0.2, 0.25) is 0 Å². The van der Waals surface area contributed by atoms with Crippen molar-refractivity contribution in [3.8, 4) is 0 Å². The summed E-state index contributed by atoms with van der Waals surface area (Å²) in [6.07, 6.45) is 0. The van der Waals surface area contributed by atoms with Crippen molar-refractivity contribution in [2.75, 3.05) is 37.4 Å². The molecule has 4 rings (SSSR count). The first-order valence-corrected chi connectivity index (χ1v) is 12.1. The van der Waals surface area contributed by atoms with E-state index in [1.165, 1.54) is 28.2 Å². The van der Waals surface area contributed by atoms with Crippen molar-refractivity contribution >= 4 is 39.2 Å². The highest BCUT2D eigenvalue weighted by molar-refractivity contribution is 7.99. The summed E-state index contributed by atoms with van der Waals surface area (Å²) in [5.74, 6) is 0.280. The molecule has 0 atom stereocenters. The first kappa shape index (κ1) is 21.7. The second kappa shape index (κ2) is 8.91. The predicted octanol–water partition coefficient (Wildman–Crippen LogP) is 1.49. The molecule has 1 N–H and O–H groups in total. The minimum absolute atomic E-state index is 0.0787. The van der Waals surface area contributed by atoms with Crippen molar-refractivity contribution in [2.24, 2.45) is 0 Å². The molecule has 1 amide bonds. The van der Waals surface area contributed by atoms with E-state index in [1.807, 2.05) is 19.9 Å². The van der Waals surface area contributed by atoms with E-state index in [1.54, 1.807) is 16.6 Å². The summed E-state index contributed by atoms with van der Waals surface area (Å²) >= 11 is 1.19. The maximum atomic E-state index is 12.8. The number of benzene rings is 1. The number of nitrogens with one attached hydrogen (secondary N) is 1. The summed E-state index contributed by atoms with van der Waals surface area (Å²) in [7, 11) is -3.63. The SMILES string of the molecule is Cc1cc(C)n2nc(SCC(=O)Nc3cccc(S(=O)(=O)N4CCOCC4)c3)nc2n1. The highest BCUT2D eigenvalue weighted by Gasteiger charge is 2.26. The number of thioether (sulfide) groups is 1. The van der Waals surface area contributed by atoms with Crippen LogP contribution in [0.4, 0.5) is 5.69 Å². The molecule has 2 aromatic heterocycles. The van der Waals surface area contributed by atoms with Crippen molar-refractivity contribution in [1.29, 1.82) is 0 Å². The number of amides is 1. The van der Waals surface area contributed by atoms with Gasteiger partial charge < -0.3 is 10.1 Å². The van der Waals surface area contributed by atoms with Gasteiger partial charge in [0, 0.05) is 30.2 Å². The van der Waals surface area contributed by atoms with E-state index in [0.29, 0.717) is 42.9 Å². The number of nitrogens with zero attached hydrogens (tertiary/aromatic N) is 5. The molecule has 0 aliphatic carbocycles. The smallest absolute Gasteiger partial charge is 0.253 e. The average molecular weight is 463 g/mol. The number of carbonyl (C=O) groups is 1. The Kier molecular flexibility index (Phi) is 6.23. The second-order valence-electron chi connectivity index (χ2n) is 7.03. The Hall–Kier alpha value is -2.54. The number of aryl methyl sites for hydroxylation is 2. The van der Waals surface area contributed by atoms with E-state index >= 15 is 0 Å². The molecule has 3 heterocycles. The molecule has 1 fully saturated rings. The predicted molar refractivity (Wildman–Crippen MR) is 116 cm³/mol. The Labute approximate surface area is 184 Å². The van der Waals surface area contributed by atoms with Gasteiger partial charge in [0.1, 0.15) is 0 Å². The number of anilines is 1. The molecule has 164 valence electrons. The number of hydrogen-bond acceptors (Lipinski definition) is 8. The third-order valence-corrected chi connectivity index (χ3v) is 7.39. The van der Waals surface area contributed by atoms with Gasteiger partial charge in [-0.1, -0.05) is 17.8 Å². The van der Waals surface area contributed by atoms with Crippen molar-refractivity contribution in [2.45, 2.75) is 23.9 Å². The highest BCUT2D eigenvalue weighted by atomic mass is 32.2. The van der Waals surface area contributed by atoms with Crippen LogP contribution in [-0.4, -0.2) is 70.3 Å². The first-order chi connectivity index (χ1) is 14.8. The van der Waals surface area contributed by atoms with Crippen LogP contribution < -0.4 is 5.32 Å². The summed E-state index contributed by atoms with van der Waals surface area (Å²) < 4.78 is 33.8. The van der Waals surface area contributed by atoms with Crippen LogP contribution in [-0.2, 0) is 19.6 Å². The number of rotatable bonds is 6. The molecule has 12 heteroatoms. The molecule has 1 aliphatic rings. The number of fused-ring (bicyclic) bond motifs is 1. The molecule has 0 unspecified atom stereocenters. The molecule has 0 spiro atoms. The topological polar surface area (TPSA) is 119 Å². The summed E-state index contributed by atoms with van der Waals surface area (Å²) in [5, 5.41) is 7.54. The van der Waals surface area contributed by atoms with Crippen molar-refractivity contribution in [3.63, 3.8) is 0 Å². The van der Waals surface area contributed by atoms with Crippen LogP contribution in [0.5, 0.6) is 0 Å². The molecule has 0 saturated carbocycles. The van der Waals surface area contributed by atoms with Gasteiger partial charge in [-0.25, -0.2) is 17.9 Å². The van der Waals surface area contributed by atoms with Crippen LogP contribution in [0.15, 0.2) is 40.4 Å². The third-order valence-electron chi connectivity index (χ3n) is 4.66. The van der Waals surface area contributed by atoms with E-state index in [2.05, 4.69) is 20.4 Å². The number of hydrogen-bond donors (Lipinski definition) is 1. The van der Waals surface area contributed by atoms with E-state index in [0.717, 1.165) is 11.4 Å². The lowest BCUT2D eigenvalue weighted by Crippen LogP contribution is -2.40. The number of carbonyl (C=O) groups excluding carboxylic acids is 1. The lowest BCUT2D eigenvalue weighted by molar-refractivity contribution is -0.113. The van der Waals surface area contributed by atoms with Gasteiger partial charge in [0.2, 0.25) is 21.1 Å². The molecule has 1 saturated heterocycles. The van der Waals surface area contributed by atoms with Crippen LogP contribution in [0.25, 0.3) is 5.78 Å². The van der Waals surface area contributed by atoms with Gasteiger partial charge in [0.05, 0.1) is 23.9 Å². The van der Waals surface area contributed by atoms with Crippen molar-refractivity contribution < 1.29 is 17.9 Å². The zero-order chi connectivity index (χ0) is 22.0. The van der Waals surface area contributed by atoms with Gasteiger partial charge in [-0.3, -0.25) is 4.79 Å². The normalized spacial score (nSPS) is 15.3. The number of morpholine rings is 1. The molecular formula is C19H22N6O4S2. The fourth-order valence-corrected chi connectivity index (χ4v) is 5.28. The number of ether oxygens (including phenoxy) is 1. The fourth-order valence-electron chi connectivity index (χ4n) is 3.21. The summed E-state index contributed by atoms with van der Waals surface area (Å²) in [4.78, 5) is 21.2. The molecule has 10 nitrogen and oxygen atoms in total. The van der Waals surface area contributed by atoms with Gasteiger partial charge in [-0.15, -0.1) is 5.10 Å². The molecule has 1 aromatic carbocycles. The molecule has 31 heavy (non-hydrogen) atoms. The molecule has 1 aliphatic heterocycles. The maximum Gasteiger partial charge on any atom is 0.253 e. The van der Waals surface area contributed by atoms with Gasteiger partial charge in [-0.2, -0.15) is 9.29 Å². The number of aromatic nitrogens is 4. The highest BCUT2D eigenvalue weighted by Crippen LogP contribution is 2.21. The number of sulfonamides is 1. The van der Waals surface area contributed by atoms with Crippen LogP contribution in [0, 0.1) is 13.8 Å². The fraction of sp³-hybridized carbons (Fsp3) is 0.368. The van der Waals surface area contributed by atoms with Crippen LogP contribution in [0.3, 0.4) is 0 Å². The molecule has 3 aromatic rings. The van der Waals surface area contributed by atoms with Gasteiger partial charge in [-0.05, 0) is 38.1 Å². The Morgan fingerprint density at radius 3 is 2.74 bits per heavy atom. The molecule has 0 bridgehead atoms. The minimum atomic E-state index is -3.63. The van der Waals surface area contributed by atoms with E-state index in [9.17, 15) is 13.2 Å². The van der Waals surface area contributed by atoms with Gasteiger partial charge >= 0.3 is 0 Å². The summed E-state index contributed by atoms with van der Waals surface area (Å²) in [6, 6.07) is 8.15. The van der Waals surface area contributed by atoms with Gasteiger partial charge in [0.15, 0.2) is 0 Å². The largest absolute Gasteiger partial charge is 0.379 e. The maximum absolute atomic E-state index is 12.8. The zero-order valence-corrected chi connectivity index (χ0v) is 18.7. The average Bonchev–Trinajstić information content (AvgIpc) is 3.16. The summed E-state index contributed by atoms with van der Waals surface area (Å²) in [5.41, 5.74) is 2.17. The Morgan fingerprint density at radius 2 is 1.97 bits per heavy atom. The molecule has 0 radical (unpaired) electrons. The Morgan fingerprint density at radius 1 is 1.19 bits per heavy atom. The van der Waals surface area contributed by atoms with Crippen LogP contribution in [0.1, 0.15) is 11.4 Å². The lowest BCUT2D eigenvalue weighted by atomic mass is 10.3. The zero-order valence-electron chi connectivity index (χ0n) is 17.1. The quantitative estimate of drug-likeness (QED) is 0.548. The van der Waals surface area contributed by atoms with E-state index < -0.39 is 10.0 Å². The Balaban J connectivity index is 1.41. The van der Waals surface area contributed by atoms with Crippen molar-refractivity contribution in [1.82, 2.24) is 23.9 Å². The Bertz CT molecular complexity index is 1220. The first-order valence-electron chi connectivity index (χ1n) is 9.64. The van der Waals surface area contributed by atoms with Crippen LogP contribution >= 0.6 is 11.8 Å². The van der Waals surface area contributed by atoms with Crippen molar-refractivity contribution in [3.05, 3.63) is 41.7 Å².